The van der Waals surface area contributed by atoms with E-state index in [-0.39, 0.29) is 5.91 Å². The average Bonchev–Trinajstić information content (AvgIpc) is 2.64. The van der Waals surface area contributed by atoms with Crippen LogP contribution in [0.5, 0.6) is 0 Å². The van der Waals surface area contributed by atoms with Gasteiger partial charge in [0, 0.05) is 31.0 Å². The molecule has 0 fully saturated rings. The molecule has 1 heterocycles. The minimum atomic E-state index is 0.00167. The predicted octanol–water partition coefficient (Wildman–Crippen LogP) is 3.31. The van der Waals surface area contributed by atoms with Crippen molar-refractivity contribution in [2.24, 2.45) is 7.05 Å². The molecule has 0 unspecified atom stereocenters. The summed E-state index contributed by atoms with van der Waals surface area (Å²) in [6, 6.07) is 7.79. The van der Waals surface area contributed by atoms with Crippen LogP contribution in [-0.2, 0) is 7.05 Å². The number of rotatable bonds is 3. The lowest BCUT2D eigenvalue weighted by Gasteiger charge is -2.18. The number of fused-ring (bicyclic) bond motifs is 1. The maximum absolute atomic E-state index is 12.5. The van der Waals surface area contributed by atoms with Crippen LogP contribution in [0.15, 0.2) is 24.3 Å². The number of nitrogens with zero attached hydrogens (tertiary/aromatic N) is 2. The van der Waals surface area contributed by atoms with E-state index in [0.717, 1.165) is 10.9 Å². The molecular weight excluding hydrogens is 248 g/mol. The minimum Gasteiger partial charge on any atom is -0.339 e. The highest BCUT2D eigenvalue weighted by Gasteiger charge is 2.22. The van der Waals surface area contributed by atoms with Gasteiger partial charge in [0.05, 0.1) is 5.56 Å². The van der Waals surface area contributed by atoms with Gasteiger partial charge in [-0.1, -0.05) is 29.8 Å². The number of benzene rings is 1. The van der Waals surface area contributed by atoms with Crippen molar-refractivity contribution in [3.8, 4) is 0 Å². The minimum absolute atomic E-state index is 0.00167. The molecule has 0 aliphatic rings. The van der Waals surface area contributed by atoms with Crippen LogP contribution in [0.4, 0.5) is 0 Å². The Morgan fingerprint density at radius 1 is 1.28 bits per heavy atom. The van der Waals surface area contributed by atoms with Crippen molar-refractivity contribution in [3.63, 3.8) is 0 Å². The summed E-state index contributed by atoms with van der Waals surface area (Å²) in [5.74, 6) is 0.00167. The molecule has 0 aliphatic carbocycles. The Bertz CT molecular complexity index is 585. The molecule has 3 nitrogen and oxygen atoms in total. The van der Waals surface area contributed by atoms with Crippen molar-refractivity contribution in [1.29, 1.82) is 0 Å². The molecule has 1 aromatic carbocycles. The number of carbonyl (C=O) groups is 1. The van der Waals surface area contributed by atoms with E-state index < -0.39 is 0 Å². The summed E-state index contributed by atoms with van der Waals surface area (Å²) in [7, 11) is 1.88. The van der Waals surface area contributed by atoms with Crippen molar-refractivity contribution < 1.29 is 4.79 Å². The maximum Gasteiger partial charge on any atom is 0.257 e. The molecule has 1 amide bonds. The van der Waals surface area contributed by atoms with E-state index >= 15 is 0 Å². The lowest BCUT2D eigenvalue weighted by Crippen LogP contribution is -2.30. The van der Waals surface area contributed by atoms with E-state index in [2.05, 4.69) is 0 Å². The first kappa shape index (κ1) is 13.0. The first-order valence-electron chi connectivity index (χ1n) is 6.14. The second-order valence-electron chi connectivity index (χ2n) is 4.22. The fourth-order valence-corrected chi connectivity index (χ4v) is 2.51. The third-order valence-corrected chi connectivity index (χ3v) is 3.74. The first-order chi connectivity index (χ1) is 8.61. The number of aryl methyl sites for hydroxylation is 1. The Morgan fingerprint density at radius 2 is 1.89 bits per heavy atom. The summed E-state index contributed by atoms with van der Waals surface area (Å²) in [5.41, 5.74) is 1.59. The van der Waals surface area contributed by atoms with Crippen LogP contribution in [0.2, 0.25) is 5.15 Å². The van der Waals surface area contributed by atoms with E-state index in [4.69, 9.17) is 11.6 Å². The summed E-state index contributed by atoms with van der Waals surface area (Å²) in [6.45, 7) is 5.32. The van der Waals surface area contributed by atoms with Crippen molar-refractivity contribution in [2.45, 2.75) is 13.8 Å². The SMILES string of the molecule is CCN(CC)C(=O)c1c(Cl)n(C)c2ccccc12. The summed E-state index contributed by atoms with van der Waals surface area (Å²) in [6.07, 6.45) is 0. The van der Waals surface area contributed by atoms with E-state index in [1.807, 2.05) is 49.7 Å². The van der Waals surface area contributed by atoms with Crippen LogP contribution < -0.4 is 0 Å². The van der Waals surface area contributed by atoms with E-state index in [0.29, 0.717) is 23.8 Å². The maximum atomic E-state index is 12.5. The number of hydrogen-bond acceptors (Lipinski definition) is 1. The third kappa shape index (κ3) is 1.89. The average molecular weight is 265 g/mol. The Kier molecular flexibility index (Phi) is 3.62. The van der Waals surface area contributed by atoms with Gasteiger partial charge in [0.2, 0.25) is 0 Å². The van der Waals surface area contributed by atoms with Crippen molar-refractivity contribution >= 4 is 28.4 Å². The van der Waals surface area contributed by atoms with Crippen LogP contribution >= 0.6 is 11.6 Å². The Labute approximate surface area is 112 Å². The Hall–Kier alpha value is -1.48. The molecule has 96 valence electrons. The second kappa shape index (κ2) is 5.02. The molecule has 0 radical (unpaired) electrons. The number of aromatic nitrogens is 1. The van der Waals surface area contributed by atoms with Gasteiger partial charge in [-0.05, 0) is 19.9 Å². The zero-order valence-electron chi connectivity index (χ0n) is 10.9. The Balaban J connectivity index is 2.64. The van der Waals surface area contributed by atoms with Gasteiger partial charge in [0.1, 0.15) is 5.15 Å². The van der Waals surface area contributed by atoms with E-state index in [9.17, 15) is 4.79 Å². The van der Waals surface area contributed by atoms with Crippen LogP contribution in [0.3, 0.4) is 0 Å². The summed E-state index contributed by atoms with van der Waals surface area (Å²) in [4.78, 5) is 14.3. The molecular formula is C14H17ClN2O. The van der Waals surface area contributed by atoms with Gasteiger partial charge >= 0.3 is 0 Å². The quantitative estimate of drug-likeness (QED) is 0.835. The molecule has 18 heavy (non-hydrogen) atoms. The second-order valence-corrected chi connectivity index (χ2v) is 4.58. The molecule has 0 saturated carbocycles. The molecule has 0 saturated heterocycles. The molecule has 2 rings (SSSR count). The largest absolute Gasteiger partial charge is 0.339 e. The Morgan fingerprint density at radius 3 is 2.50 bits per heavy atom. The molecule has 2 aromatic rings. The highest BCUT2D eigenvalue weighted by Crippen LogP contribution is 2.29. The number of carbonyl (C=O) groups excluding carboxylic acids is 1. The van der Waals surface area contributed by atoms with Crippen molar-refractivity contribution in [1.82, 2.24) is 9.47 Å². The van der Waals surface area contributed by atoms with Crippen molar-refractivity contribution in [2.75, 3.05) is 13.1 Å². The van der Waals surface area contributed by atoms with Crippen molar-refractivity contribution in [3.05, 3.63) is 35.0 Å². The molecule has 0 atom stereocenters. The van der Waals surface area contributed by atoms with Crippen LogP contribution in [0, 0.1) is 0 Å². The topological polar surface area (TPSA) is 25.2 Å². The van der Waals surface area contributed by atoms with Crippen LogP contribution in [-0.4, -0.2) is 28.5 Å². The number of amides is 1. The normalized spacial score (nSPS) is 10.9. The van der Waals surface area contributed by atoms with Gasteiger partial charge < -0.3 is 9.47 Å². The van der Waals surface area contributed by atoms with Gasteiger partial charge in [0.25, 0.3) is 5.91 Å². The van der Waals surface area contributed by atoms with Crippen LogP contribution in [0.25, 0.3) is 10.9 Å². The van der Waals surface area contributed by atoms with Gasteiger partial charge in [0.15, 0.2) is 0 Å². The van der Waals surface area contributed by atoms with Gasteiger partial charge in [-0.3, -0.25) is 4.79 Å². The zero-order chi connectivity index (χ0) is 13.3. The summed E-state index contributed by atoms with van der Waals surface area (Å²) >= 11 is 6.30. The van der Waals surface area contributed by atoms with E-state index in [1.165, 1.54) is 0 Å². The standard InChI is InChI=1S/C14H17ClN2O/c1-4-17(5-2)14(18)12-10-8-6-7-9-11(10)16(3)13(12)15/h6-9H,4-5H2,1-3H3. The fraction of sp³-hybridized carbons (Fsp3) is 0.357. The third-order valence-electron chi connectivity index (χ3n) is 3.30. The van der Waals surface area contributed by atoms with Crippen LogP contribution in [0.1, 0.15) is 24.2 Å². The summed E-state index contributed by atoms with van der Waals surface area (Å²) in [5, 5.41) is 1.43. The molecule has 1 aromatic heterocycles. The molecule has 0 bridgehead atoms. The molecule has 0 spiro atoms. The number of para-hydroxylation sites is 1. The molecule has 4 heteroatoms. The number of halogens is 1. The predicted molar refractivity (Wildman–Crippen MR) is 75.2 cm³/mol. The smallest absolute Gasteiger partial charge is 0.257 e. The van der Waals surface area contributed by atoms with Gasteiger partial charge in [-0.2, -0.15) is 0 Å². The molecule has 0 N–H and O–H groups in total. The number of hydrogen-bond donors (Lipinski definition) is 0. The fourth-order valence-electron chi connectivity index (χ4n) is 2.23. The monoisotopic (exact) mass is 264 g/mol. The summed E-state index contributed by atoms with van der Waals surface area (Å²) < 4.78 is 1.85. The molecule has 0 aliphatic heterocycles. The van der Waals surface area contributed by atoms with E-state index in [1.54, 1.807) is 4.90 Å². The van der Waals surface area contributed by atoms with Gasteiger partial charge in [-0.25, -0.2) is 0 Å². The van der Waals surface area contributed by atoms with Gasteiger partial charge in [-0.15, -0.1) is 0 Å². The lowest BCUT2D eigenvalue weighted by molar-refractivity contribution is 0.0775. The lowest BCUT2D eigenvalue weighted by atomic mass is 10.1. The zero-order valence-corrected chi connectivity index (χ0v) is 11.7. The first-order valence-corrected chi connectivity index (χ1v) is 6.51. The highest BCUT2D eigenvalue weighted by atomic mass is 35.5. The highest BCUT2D eigenvalue weighted by molar-refractivity contribution is 6.35.